The van der Waals surface area contributed by atoms with Gasteiger partial charge in [-0.1, -0.05) is 0 Å². The first-order valence-corrected chi connectivity index (χ1v) is 8.13. The minimum absolute atomic E-state index is 0.204. The van der Waals surface area contributed by atoms with Gasteiger partial charge in [0.1, 0.15) is 4.75 Å². The van der Waals surface area contributed by atoms with Crippen LogP contribution in [0.15, 0.2) is 0 Å². The van der Waals surface area contributed by atoms with Crippen molar-refractivity contribution in [3.05, 3.63) is 0 Å². The van der Waals surface area contributed by atoms with Gasteiger partial charge >= 0.3 is 0 Å². The highest BCUT2D eigenvalue weighted by Crippen LogP contribution is 2.25. The molecule has 18 heavy (non-hydrogen) atoms. The van der Waals surface area contributed by atoms with Gasteiger partial charge in [0.15, 0.2) is 9.84 Å². The van der Waals surface area contributed by atoms with Crippen LogP contribution in [0.25, 0.3) is 0 Å². The van der Waals surface area contributed by atoms with E-state index in [9.17, 15) is 18.3 Å². The molecule has 0 spiro atoms. The normalized spacial score (nSPS) is 20.8. The Bertz CT molecular complexity index is 406. The summed E-state index contributed by atoms with van der Waals surface area (Å²) in [5.41, 5.74) is 0. The van der Waals surface area contributed by atoms with E-state index in [2.05, 4.69) is 0 Å². The number of carbonyl (C=O) groups excluding carboxylic acids is 1. The number of aliphatic hydroxyl groups is 1. The molecular formula is C12H23NO4S. The molecule has 0 saturated carbocycles. The zero-order valence-corrected chi connectivity index (χ0v) is 12.3. The zero-order chi connectivity index (χ0) is 14.1. The van der Waals surface area contributed by atoms with E-state index in [0.29, 0.717) is 13.1 Å². The van der Waals surface area contributed by atoms with Crippen LogP contribution in [0.1, 0.15) is 33.6 Å². The Morgan fingerprint density at radius 2 is 1.78 bits per heavy atom. The van der Waals surface area contributed by atoms with Crippen LogP contribution >= 0.6 is 0 Å². The average Bonchev–Trinajstić information content (AvgIpc) is 2.26. The summed E-state index contributed by atoms with van der Waals surface area (Å²) in [5, 5.41) is 9.49. The lowest BCUT2D eigenvalue weighted by molar-refractivity contribution is -0.135. The van der Waals surface area contributed by atoms with E-state index in [4.69, 9.17) is 0 Å². The molecule has 5 nitrogen and oxygen atoms in total. The first-order chi connectivity index (χ1) is 8.07. The molecule has 0 aromatic carbocycles. The number of sulfone groups is 1. The Kier molecular flexibility index (Phi) is 4.43. The van der Waals surface area contributed by atoms with Crippen molar-refractivity contribution in [2.45, 2.75) is 44.5 Å². The van der Waals surface area contributed by atoms with Gasteiger partial charge in [0.25, 0.3) is 0 Å². The quantitative estimate of drug-likeness (QED) is 0.812. The Morgan fingerprint density at radius 1 is 1.33 bits per heavy atom. The molecule has 0 aromatic heterocycles. The molecule has 1 aliphatic heterocycles. The lowest BCUT2D eigenvalue weighted by Crippen LogP contribution is -2.52. The minimum atomic E-state index is -3.42. The summed E-state index contributed by atoms with van der Waals surface area (Å²) in [5.74, 6) is -0.135. The number of hydrogen-bond acceptors (Lipinski definition) is 4. The van der Waals surface area contributed by atoms with Gasteiger partial charge in [-0.15, -0.1) is 0 Å². The number of likely N-dealkylation sites (tertiary alicyclic amines) is 1. The van der Waals surface area contributed by atoms with Gasteiger partial charge in [0, 0.05) is 19.3 Å². The molecule has 6 heteroatoms. The first-order valence-electron chi connectivity index (χ1n) is 6.24. The SMILES string of the molecule is CC(O)C1CCN(C(=O)C(C)(C)S(C)(=O)=O)CC1. The summed E-state index contributed by atoms with van der Waals surface area (Å²) in [7, 11) is -3.42. The largest absolute Gasteiger partial charge is 0.393 e. The monoisotopic (exact) mass is 277 g/mol. The summed E-state index contributed by atoms with van der Waals surface area (Å²) in [6, 6.07) is 0. The fraction of sp³-hybridized carbons (Fsp3) is 0.917. The van der Waals surface area contributed by atoms with E-state index in [0.717, 1.165) is 19.1 Å². The van der Waals surface area contributed by atoms with Gasteiger partial charge in [-0.2, -0.15) is 0 Å². The van der Waals surface area contributed by atoms with Crippen LogP contribution in [-0.2, 0) is 14.6 Å². The van der Waals surface area contributed by atoms with E-state index in [1.54, 1.807) is 11.8 Å². The first kappa shape index (κ1) is 15.4. The molecule has 1 fully saturated rings. The topological polar surface area (TPSA) is 74.7 Å². The van der Waals surface area contributed by atoms with E-state index in [1.165, 1.54) is 13.8 Å². The van der Waals surface area contributed by atoms with E-state index < -0.39 is 14.6 Å². The van der Waals surface area contributed by atoms with Gasteiger partial charge in [-0.05, 0) is 39.5 Å². The number of amides is 1. The van der Waals surface area contributed by atoms with Crippen LogP contribution in [0.4, 0.5) is 0 Å². The van der Waals surface area contributed by atoms with Crippen LogP contribution < -0.4 is 0 Å². The molecule has 1 rings (SSSR count). The summed E-state index contributed by atoms with van der Waals surface area (Å²) in [6.45, 7) is 5.69. The van der Waals surface area contributed by atoms with Crippen LogP contribution in [0.5, 0.6) is 0 Å². The lowest BCUT2D eigenvalue weighted by Gasteiger charge is -2.37. The smallest absolute Gasteiger partial charge is 0.243 e. The predicted molar refractivity (Wildman–Crippen MR) is 69.9 cm³/mol. The number of hydrogen-bond donors (Lipinski definition) is 1. The molecule has 1 N–H and O–H groups in total. The molecule has 1 atom stereocenters. The molecular weight excluding hydrogens is 254 g/mol. The minimum Gasteiger partial charge on any atom is -0.393 e. The molecule has 0 aliphatic carbocycles. The van der Waals surface area contributed by atoms with Crippen molar-refractivity contribution in [3.63, 3.8) is 0 Å². The summed E-state index contributed by atoms with van der Waals surface area (Å²) in [6.07, 6.45) is 2.17. The number of rotatable bonds is 3. The molecule has 1 amide bonds. The third-order valence-corrected chi connectivity index (χ3v) is 5.98. The zero-order valence-electron chi connectivity index (χ0n) is 11.5. The van der Waals surface area contributed by atoms with Crippen molar-refractivity contribution in [1.82, 2.24) is 4.90 Å². The number of nitrogens with zero attached hydrogens (tertiary/aromatic N) is 1. The lowest BCUT2D eigenvalue weighted by atomic mass is 9.91. The maximum atomic E-state index is 12.2. The van der Waals surface area contributed by atoms with Crippen LogP contribution in [0, 0.1) is 5.92 Å². The van der Waals surface area contributed by atoms with Crippen LogP contribution in [0.3, 0.4) is 0 Å². The van der Waals surface area contributed by atoms with Gasteiger partial charge in [0.2, 0.25) is 5.91 Å². The third kappa shape index (κ3) is 3.03. The van der Waals surface area contributed by atoms with Crippen LogP contribution in [0.2, 0.25) is 0 Å². The van der Waals surface area contributed by atoms with Gasteiger partial charge in [-0.25, -0.2) is 8.42 Å². The van der Waals surface area contributed by atoms with Crippen molar-refractivity contribution in [3.8, 4) is 0 Å². The summed E-state index contributed by atoms with van der Waals surface area (Å²) >= 11 is 0. The molecule has 0 aromatic rings. The second-order valence-electron chi connectivity index (χ2n) is 5.65. The van der Waals surface area contributed by atoms with E-state index in [1.807, 2.05) is 0 Å². The number of aliphatic hydroxyl groups excluding tert-OH is 1. The number of carbonyl (C=O) groups is 1. The number of piperidine rings is 1. The molecule has 1 aliphatic rings. The Hall–Kier alpha value is -0.620. The van der Waals surface area contributed by atoms with Crippen molar-refractivity contribution in [1.29, 1.82) is 0 Å². The predicted octanol–water partition coefficient (Wildman–Crippen LogP) is 0.429. The summed E-state index contributed by atoms with van der Waals surface area (Å²) < 4.78 is 21.9. The Labute approximate surface area is 109 Å². The van der Waals surface area contributed by atoms with Crippen molar-refractivity contribution >= 4 is 15.7 Å². The fourth-order valence-corrected chi connectivity index (χ4v) is 2.57. The molecule has 106 valence electrons. The standard InChI is InChI=1S/C12H23NO4S/c1-9(14)10-5-7-13(8-6-10)11(15)12(2,3)18(4,16)17/h9-10,14H,5-8H2,1-4H3. The van der Waals surface area contributed by atoms with Crippen molar-refractivity contribution < 1.29 is 18.3 Å². The van der Waals surface area contributed by atoms with E-state index in [-0.39, 0.29) is 17.9 Å². The molecule has 0 radical (unpaired) electrons. The maximum Gasteiger partial charge on any atom is 0.243 e. The highest BCUT2D eigenvalue weighted by atomic mass is 32.2. The fourth-order valence-electron chi connectivity index (χ4n) is 2.12. The Morgan fingerprint density at radius 3 is 2.11 bits per heavy atom. The van der Waals surface area contributed by atoms with Gasteiger partial charge < -0.3 is 10.0 Å². The second kappa shape index (κ2) is 5.17. The van der Waals surface area contributed by atoms with Gasteiger partial charge in [0.05, 0.1) is 6.10 Å². The average molecular weight is 277 g/mol. The van der Waals surface area contributed by atoms with Gasteiger partial charge in [-0.3, -0.25) is 4.79 Å². The highest BCUT2D eigenvalue weighted by molar-refractivity contribution is 7.92. The molecule has 0 bridgehead atoms. The van der Waals surface area contributed by atoms with E-state index >= 15 is 0 Å². The second-order valence-corrected chi connectivity index (χ2v) is 8.22. The third-order valence-electron chi connectivity index (χ3n) is 3.95. The molecule has 1 saturated heterocycles. The summed E-state index contributed by atoms with van der Waals surface area (Å²) in [4.78, 5) is 13.8. The Balaban J connectivity index is 2.72. The van der Waals surface area contributed by atoms with Crippen molar-refractivity contribution in [2.24, 2.45) is 5.92 Å². The molecule has 1 heterocycles. The maximum absolute atomic E-state index is 12.2. The van der Waals surface area contributed by atoms with Crippen molar-refractivity contribution in [2.75, 3.05) is 19.3 Å². The molecule has 1 unspecified atom stereocenters. The highest BCUT2D eigenvalue weighted by Gasteiger charge is 2.42. The van der Waals surface area contributed by atoms with Crippen LogP contribution in [-0.4, -0.2) is 54.5 Å².